The van der Waals surface area contributed by atoms with Crippen LogP contribution in [0.15, 0.2) is 16.7 Å². The highest BCUT2D eigenvalue weighted by molar-refractivity contribution is 5.92. The number of rotatable bonds is 10. The summed E-state index contributed by atoms with van der Waals surface area (Å²) in [4.78, 5) is 11.3. The van der Waals surface area contributed by atoms with Crippen molar-refractivity contribution in [1.29, 1.82) is 0 Å². The van der Waals surface area contributed by atoms with Gasteiger partial charge in [0.1, 0.15) is 0 Å². The fourth-order valence-electron chi connectivity index (χ4n) is 1.40. The zero-order valence-electron chi connectivity index (χ0n) is 11.0. The molecule has 0 saturated heterocycles. The highest BCUT2D eigenvalue weighted by Gasteiger charge is 2.13. The molecule has 0 atom stereocenters. The summed E-state index contributed by atoms with van der Waals surface area (Å²) in [6, 6.07) is 1.68. The standard InChI is InChI=1S/C12H20N2O5/c1-16-7-8-17-4-2-5-18-9-10-3-6-19-11(10)12(15)14-13/h3,6H,2,4-5,7-9,13H2,1H3,(H,14,15). The molecule has 1 aromatic heterocycles. The van der Waals surface area contributed by atoms with E-state index in [1.54, 1.807) is 13.2 Å². The molecule has 0 unspecified atom stereocenters. The van der Waals surface area contributed by atoms with E-state index in [4.69, 9.17) is 24.5 Å². The summed E-state index contributed by atoms with van der Waals surface area (Å²) in [7, 11) is 1.63. The fraction of sp³-hybridized carbons (Fsp3) is 0.583. The number of nitrogen functional groups attached to an aromatic ring is 1. The Bertz CT molecular complexity index is 367. The Kier molecular flexibility index (Phi) is 7.83. The Balaban J connectivity index is 2.13. The maximum Gasteiger partial charge on any atom is 0.301 e. The van der Waals surface area contributed by atoms with Crippen molar-refractivity contribution in [1.82, 2.24) is 5.43 Å². The van der Waals surface area contributed by atoms with E-state index in [9.17, 15) is 4.79 Å². The van der Waals surface area contributed by atoms with Gasteiger partial charge in [0.05, 0.1) is 26.1 Å². The van der Waals surface area contributed by atoms with Crippen LogP contribution in [0.1, 0.15) is 22.5 Å². The van der Waals surface area contributed by atoms with E-state index >= 15 is 0 Å². The molecular formula is C12H20N2O5. The van der Waals surface area contributed by atoms with Gasteiger partial charge >= 0.3 is 5.91 Å². The number of nitrogens with one attached hydrogen (secondary N) is 1. The lowest BCUT2D eigenvalue weighted by atomic mass is 10.2. The number of carbonyl (C=O) groups is 1. The second-order valence-electron chi connectivity index (χ2n) is 3.76. The van der Waals surface area contributed by atoms with Crippen molar-refractivity contribution >= 4 is 5.91 Å². The Morgan fingerprint density at radius 2 is 2.11 bits per heavy atom. The number of furan rings is 1. The second kappa shape index (κ2) is 9.51. The lowest BCUT2D eigenvalue weighted by Gasteiger charge is -2.05. The third-order valence-electron chi connectivity index (χ3n) is 2.35. The molecule has 7 heteroatoms. The molecule has 1 heterocycles. The average molecular weight is 272 g/mol. The fourth-order valence-corrected chi connectivity index (χ4v) is 1.40. The molecule has 0 bridgehead atoms. The predicted molar refractivity (Wildman–Crippen MR) is 67.3 cm³/mol. The third-order valence-corrected chi connectivity index (χ3v) is 2.35. The summed E-state index contributed by atoms with van der Waals surface area (Å²) in [6.45, 7) is 2.64. The quantitative estimate of drug-likeness (QED) is 0.278. The van der Waals surface area contributed by atoms with Crippen LogP contribution in [0.25, 0.3) is 0 Å². The third kappa shape index (κ3) is 5.84. The van der Waals surface area contributed by atoms with Gasteiger partial charge in [0.2, 0.25) is 0 Å². The van der Waals surface area contributed by atoms with Gasteiger partial charge in [-0.1, -0.05) is 0 Å². The van der Waals surface area contributed by atoms with E-state index < -0.39 is 5.91 Å². The number of amides is 1. The van der Waals surface area contributed by atoms with Gasteiger partial charge in [0, 0.05) is 25.9 Å². The van der Waals surface area contributed by atoms with Gasteiger partial charge in [-0.15, -0.1) is 0 Å². The van der Waals surface area contributed by atoms with Crippen molar-refractivity contribution in [2.45, 2.75) is 13.0 Å². The van der Waals surface area contributed by atoms with Crippen LogP contribution in [-0.2, 0) is 20.8 Å². The number of methoxy groups -OCH3 is 1. The van der Waals surface area contributed by atoms with Crippen LogP contribution in [0, 0.1) is 0 Å². The molecule has 1 amide bonds. The normalized spacial score (nSPS) is 10.6. The molecule has 1 aromatic rings. The van der Waals surface area contributed by atoms with Crippen molar-refractivity contribution < 1.29 is 23.4 Å². The maximum absolute atomic E-state index is 11.3. The van der Waals surface area contributed by atoms with Crippen LogP contribution in [0.5, 0.6) is 0 Å². The minimum Gasteiger partial charge on any atom is -0.459 e. The zero-order chi connectivity index (χ0) is 13.9. The highest BCUT2D eigenvalue weighted by atomic mass is 16.5. The average Bonchev–Trinajstić information content (AvgIpc) is 2.89. The molecule has 0 aliphatic heterocycles. The largest absolute Gasteiger partial charge is 0.459 e. The Labute approximate surface area is 112 Å². The first-order chi connectivity index (χ1) is 9.29. The zero-order valence-corrected chi connectivity index (χ0v) is 11.0. The summed E-state index contributed by atoms with van der Waals surface area (Å²) in [6.07, 6.45) is 2.21. The summed E-state index contributed by atoms with van der Waals surface area (Å²) in [5, 5.41) is 0. The molecule has 7 nitrogen and oxygen atoms in total. The van der Waals surface area contributed by atoms with Crippen LogP contribution in [0.4, 0.5) is 0 Å². The van der Waals surface area contributed by atoms with Gasteiger partial charge in [0.15, 0.2) is 5.76 Å². The van der Waals surface area contributed by atoms with E-state index in [-0.39, 0.29) is 5.76 Å². The SMILES string of the molecule is COCCOCCCOCc1ccoc1C(=O)NN. The van der Waals surface area contributed by atoms with Gasteiger partial charge in [-0.3, -0.25) is 10.2 Å². The first kappa shape index (κ1) is 15.6. The van der Waals surface area contributed by atoms with Gasteiger partial charge in [-0.05, 0) is 12.5 Å². The molecule has 1 rings (SSSR count). The maximum atomic E-state index is 11.3. The van der Waals surface area contributed by atoms with Crippen molar-refractivity contribution in [2.75, 3.05) is 33.5 Å². The number of ether oxygens (including phenoxy) is 3. The van der Waals surface area contributed by atoms with Crippen LogP contribution in [0.3, 0.4) is 0 Å². The predicted octanol–water partition coefficient (Wildman–Crippen LogP) is 0.453. The van der Waals surface area contributed by atoms with Gasteiger partial charge in [-0.2, -0.15) is 0 Å². The van der Waals surface area contributed by atoms with Crippen molar-refractivity contribution in [2.24, 2.45) is 5.84 Å². The highest BCUT2D eigenvalue weighted by Crippen LogP contribution is 2.11. The number of nitrogens with two attached hydrogens (primary N) is 1. The summed E-state index contributed by atoms with van der Waals surface area (Å²) in [5.74, 6) is 4.75. The Morgan fingerprint density at radius 3 is 2.84 bits per heavy atom. The smallest absolute Gasteiger partial charge is 0.301 e. The van der Waals surface area contributed by atoms with Gasteiger partial charge in [-0.25, -0.2) is 5.84 Å². The van der Waals surface area contributed by atoms with E-state index in [0.29, 0.717) is 38.6 Å². The van der Waals surface area contributed by atoms with Gasteiger partial charge < -0.3 is 18.6 Å². The Hall–Kier alpha value is -1.41. The molecule has 0 fully saturated rings. The van der Waals surface area contributed by atoms with Crippen LogP contribution in [0.2, 0.25) is 0 Å². The summed E-state index contributed by atoms with van der Waals surface area (Å²) in [5.41, 5.74) is 2.69. The van der Waals surface area contributed by atoms with E-state index in [2.05, 4.69) is 0 Å². The molecule has 0 radical (unpaired) electrons. The van der Waals surface area contributed by atoms with Crippen LogP contribution in [-0.4, -0.2) is 39.4 Å². The monoisotopic (exact) mass is 272 g/mol. The van der Waals surface area contributed by atoms with Crippen molar-refractivity contribution in [3.8, 4) is 0 Å². The molecule has 0 spiro atoms. The van der Waals surface area contributed by atoms with Crippen molar-refractivity contribution in [3.05, 3.63) is 23.7 Å². The number of hydrogen-bond acceptors (Lipinski definition) is 6. The molecule has 3 N–H and O–H groups in total. The number of hydrogen-bond donors (Lipinski definition) is 2. The minimum absolute atomic E-state index is 0.179. The molecule has 108 valence electrons. The van der Waals surface area contributed by atoms with Crippen LogP contribution >= 0.6 is 0 Å². The van der Waals surface area contributed by atoms with Gasteiger partial charge in [0.25, 0.3) is 0 Å². The molecule has 0 aliphatic rings. The van der Waals surface area contributed by atoms with E-state index in [1.807, 2.05) is 5.43 Å². The molecule has 0 saturated carbocycles. The molecule has 0 aromatic carbocycles. The summed E-state index contributed by atoms with van der Waals surface area (Å²) < 4.78 is 20.6. The second-order valence-corrected chi connectivity index (χ2v) is 3.76. The van der Waals surface area contributed by atoms with Crippen LogP contribution < -0.4 is 11.3 Å². The lowest BCUT2D eigenvalue weighted by molar-refractivity contribution is 0.0480. The molecule has 0 aliphatic carbocycles. The van der Waals surface area contributed by atoms with E-state index in [1.165, 1.54) is 6.26 Å². The summed E-state index contributed by atoms with van der Waals surface area (Å²) >= 11 is 0. The van der Waals surface area contributed by atoms with E-state index in [0.717, 1.165) is 6.42 Å². The number of hydrazine groups is 1. The van der Waals surface area contributed by atoms with Crippen molar-refractivity contribution in [3.63, 3.8) is 0 Å². The first-order valence-corrected chi connectivity index (χ1v) is 6.01. The lowest BCUT2D eigenvalue weighted by Crippen LogP contribution is -2.30. The topological polar surface area (TPSA) is 95.9 Å². The minimum atomic E-state index is -0.466. The number of carbonyl (C=O) groups excluding carboxylic acids is 1. The Morgan fingerprint density at radius 1 is 1.32 bits per heavy atom. The molecule has 19 heavy (non-hydrogen) atoms. The molecular weight excluding hydrogens is 252 g/mol. The first-order valence-electron chi connectivity index (χ1n) is 6.01.